The van der Waals surface area contributed by atoms with Crippen molar-refractivity contribution >= 4 is 5.70 Å². The Hall–Kier alpha value is -2.52. The molecule has 10 nitrogen and oxygen atoms in total. The first-order valence-corrected chi connectivity index (χ1v) is 4.25. The molecule has 0 fully saturated rings. The fraction of sp³-hybridized carbons (Fsp3) is 0.333. The zero-order valence-corrected chi connectivity index (χ0v) is 8.52. The maximum atomic E-state index is 10.9. The molecule has 0 saturated carbocycles. The average Bonchev–Trinajstić information content (AvgIpc) is 2.76. The standard InChI is InChI=1S/C6H8N8O2/c1-12-7-3-4(9-12)5(14(15)16)6-8-11-13(2)10-6/h3,10H,1-2H3. The smallest absolute Gasteiger partial charge is 0.258 e. The summed E-state index contributed by atoms with van der Waals surface area (Å²) in [5, 5.41) is 27.0. The number of rotatable bonds is 2. The summed E-state index contributed by atoms with van der Waals surface area (Å²) in [6.07, 6.45) is 1.29. The van der Waals surface area contributed by atoms with E-state index in [1.54, 1.807) is 14.1 Å². The van der Waals surface area contributed by atoms with Crippen molar-refractivity contribution in [2.75, 3.05) is 7.05 Å². The number of nitro groups is 1. The fourth-order valence-electron chi connectivity index (χ4n) is 1.17. The Labute approximate surface area is 89.3 Å². The van der Waals surface area contributed by atoms with Crippen LogP contribution in [0.15, 0.2) is 22.4 Å². The number of nitrogens with zero attached hydrogens (tertiary/aromatic N) is 7. The summed E-state index contributed by atoms with van der Waals surface area (Å²) in [6.45, 7) is 0. The van der Waals surface area contributed by atoms with Crippen LogP contribution in [0.25, 0.3) is 5.70 Å². The zero-order chi connectivity index (χ0) is 11.7. The van der Waals surface area contributed by atoms with Crippen LogP contribution in [-0.2, 0) is 7.05 Å². The Balaban J connectivity index is 2.47. The van der Waals surface area contributed by atoms with Gasteiger partial charge in [0.05, 0.1) is 11.1 Å². The van der Waals surface area contributed by atoms with Crippen molar-refractivity contribution in [1.82, 2.24) is 25.5 Å². The van der Waals surface area contributed by atoms with Gasteiger partial charge < -0.3 is 0 Å². The van der Waals surface area contributed by atoms with Gasteiger partial charge in [-0.2, -0.15) is 15.0 Å². The van der Waals surface area contributed by atoms with Crippen molar-refractivity contribution in [3.05, 3.63) is 27.8 Å². The minimum atomic E-state index is -0.579. The van der Waals surface area contributed by atoms with E-state index in [2.05, 4.69) is 26.0 Å². The summed E-state index contributed by atoms with van der Waals surface area (Å²) in [6, 6.07) is 0. The van der Waals surface area contributed by atoms with Gasteiger partial charge in [0.2, 0.25) is 0 Å². The monoisotopic (exact) mass is 224 g/mol. The van der Waals surface area contributed by atoms with Gasteiger partial charge in [-0.05, 0) is 5.22 Å². The van der Waals surface area contributed by atoms with E-state index in [9.17, 15) is 10.1 Å². The van der Waals surface area contributed by atoms with Crippen molar-refractivity contribution < 1.29 is 4.92 Å². The Bertz CT molecular complexity index is 488. The van der Waals surface area contributed by atoms with Crippen LogP contribution in [0.4, 0.5) is 0 Å². The number of hydrogen-bond acceptors (Lipinski definition) is 8. The summed E-state index contributed by atoms with van der Waals surface area (Å²) < 4.78 is 0. The van der Waals surface area contributed by atoms with Gasteiger partial charge in [-0.25, -0.2) is 0 Å². The Kier molecular flexibility index (Phi) is 2.23. The molecule has 0 bridgehead atoms. The van der Waals surface area contributed by atoms with Gasteiger partial charge in [-0.3, -0.25) is 15.5 Å². The summed E-state index contributed by atoms with van der Waals surface area (Å²) in [4.78, 5) is 11.6. The number of nitrogens with one attached hydrogen (secondary N) is 1. The summed E-state index contributed by atoms with van der Waals surface area (Å²) in [5.41, 5.74) is 2.47. The van der Waals surface area contributed by atoms with Gasteiger partial charge in [-0.1, -0.05) is 0 Å². The van der Waals surface area contributed by atoms with Crippen LogP contribution >= 0.6 is 0 Å². The maximum Gasteiger partial charge on any atom is 0.343 e. The predicted octanol–water partition coefficient (Wildman–Crippen LogP) is -0.465. The highest BCUT2D eigenvalue weighted by Crippen LogP contribution is 2.19. The number of aromatic nitrogens is 3. The van der Waals surface area contributed by atoms with Gasteiger partial charge in [-0.15, -0.1) is 10.2 Å². The minimum absolute atomic E-state index is 0.0352. The lowest BCUT2D eigenvalue weighted by Gasteiger charge is -2.03. The molecule has 0 spiro atoms. The molecule has 0 unspecified atom stereocenters. The maximum absolute atomic E-state index is 10.9. The molecule has 0 amide bonds. The molecule has 84 valence electrons. The van der Waals surface area contributed by atoms with Crippen LogP contribution in [-0.4, -0.2) is 32.1 Å². The van der Waals surface area contributed by atoms with Crippen LogP contribution in [0.2, 0.25) is 0 Å². The number of hydrogen-bond donors (Lipinski definition) is 1. The summed E-state index contributed by atoms with van der Waals surface area (Å²) >= 11 is 0. The molecule has 1 aliphatic rings. The third-order valence-electron chi connectivity index (χ3n) is 1.80. The van der Waals surface area contributed by atoms with Gasteiger partial charge in [0.1, 0.15) is 0 Å². The van der Waals surface area contributed by atoms with Crippen molar-refractivity contribution in [1.29, 1.82) is 0 Å². The van der Waals surface area contributed by atoms with E-state index in [4.69, 9.17) is 0 Å². The second kappa shape index (κ2) is 3.56. The molecule has 2 heterocycles. The molecule has 10 heteroatoms. The van der Waals surface area contributed by atoms with Gasteiger partial charge in [0, 0.05) is 14.1 Å². The lowest BCUT2D eigenvalue weighted by atomic mass is 10.3. The highest BCUT2D eigenvalue weighted by atomic mass is 16.6. The minimum Gasteiger partial charge on any atom is -0.258 e. The van der Waals surface area contributed by atoms with Crippen LogP contribution in [0.1, 0.15) is 5.69 Å². The number of hydrazine groups is 1. The molecule has 0 atom stereocenters. The van der Waals surface area contributed by atoms with E-state index < -0.39 is 4.92 Å². The molecule has 1 aromatic heterocycles. The molecule has 0 saturated heterocycles. The highest BCUT2D eigenvalue weighted by molar-refractivity contribution is 5.56. The van der Waals surface area contributed by atoms with E-state index in [1.807, 2.05) is 0 Å². The summed E-state index contributed by atoms with van der Waals surface area (Å²) in [7, 11) is 3.15. The first-order valence-electron chi connectivity index (χ1n) is 4.25. The van der Waals surface area contributed by atoms with Crippen molar-refractivity contribution in [2.24, 2.45) is 17.4 Å². The Morgan fingerprint density at radius 1 is 1.56 bits per heavy atom. The van der Waals surface area contributed by atoms with Gasteiger partial charge in [0.15, 0.2) is 5.69 Å². The molecule has 1 N–H and O–H groups in total. The van der Waals surface area contributed by atoms with Gasteiger partial charge in [0.25, 0.3) is 5.82 Å². The second-order valence-corrected chi connectivity index (χ2v) is 3.00. The lowest BCUT2D eigenvalue weighted by molar-refractivity contribution is -0.377. The van der Waals surface area contributed by atoms with Crippen LogP contribution in [0.3, 0.4) is 0 Å². The molecule has 0 aliphatic carbocycles. The molecular formula is C6H8N8O2. The number of aryl methyl sites for hydroxylation is 1. The van der Waals surface area contributed by atoms with E-state index >= 15 is 0 Å². The molecule has 2 rings (SSSR count). The van der Waals surface area contributed by atoms with E-state index in [0.717, 1.165) is 0 Å². The van der Waals surface area contributed by atoms with E-state index in [-0.39, 0.29) is 17.2 Å². The molecular weight excluding hydrogens is 216 g/mol. The SMILES string of the molecule is CN1N=NC(=C(c2cnn(C)n2)[N+](=O)[O-])N1. The average molecular weight is 224 g/mol. The van der Waals surface area contributed by atoms with Crippen molar-refractivity contribution in [2.45, 2.75) is 0 Å². The first-order chi connectivity index (χ1) is 7.58. The summed E-state index contributed by atoms with van der Waals surface area (Å²) in [5.74, 6) is 0.0352. The van der Waals surface area contributed by atoms with Crippen LogP contribution in [0, 0.1) is 10.1 Å². The third-order valence-corrected chi connectivity index (χ3v) is 1.80. The Morgan fingerprint density at radius 3 is 2.75 bits per heavy atom. The van der Waals surface area contributed by atoms with Crippen LogP contribution in [0.5, 0.6) is 0 Å². The fourth-order valence-corrected chi connectivity index (χ4v) is 1.17. The normalized spacial score (nSPS) is 17.5. The molecule has 1 aromatic rings. The second-order valence-electron chi connectivity index (χ2n) is 3.00. The molecule has 16 heavy (non-hydrogen) atoms. The first kappa shape index (κ1) is 10.0. The molecule has 1 aliphatic heterocycles. The molecule has 0 aromatic carbocycles. The largest absolute Gasteiger partial charge is 0.343 e. The van der Waals surface area contributed by atoms with Crippen molar-refractivity contribution in [3.63, 3.8) is 0 Å². The van der Waals surface area contributed by atoms with E-state index in [1.165, 1.54) is 16.1 Å². The topological polar surface area (TPSA) is 114 Å². The van der Waals surface area contributed by atoms with Crippen molar-refractivity contribution in [3.8, 4) is 0 Å². The Morgan fingerprint density at radius 2 is 2.31 bits per heavy atom. The van der Waals surface area contributed by atoms with E-state index in [0.29, 0.717) is 0 Å². The third kappa shape index (κ3) is 1.67. The zero-order valence-electron chi connectivity index (χ0n) is 8.52. The molecule has 0 radical (unpaired) electrons. The van der Waals surface area contributed by atoms with Gasteiger partial charge >= 0.3 is 5.70 Å². The van der Waals surface area contributed by atoms with Crippen LogP contribution < -0.4 is 5.43 Å². The lowest BCUT2D eigenvalue weighted by Crippen LogP contribution is -2.24. The predicted molar refractivity (Wildman–Crippen MR) is 50.7 cm³/mol. The quantitative estimate of drug-likeness (QED) is 0.536. The highest BCUT2D eigenvalue weighted by Gasteiger charge is 2.27.